The molecular weight excluding hydrogens is 1070 g/mol. The summed E-state index contributed by atoms with van der Waals surface area (Å²) >= 11 is 0. The highest BCUT2D eigenvalue weighted by Crippen LogP contribution is 2.42. The Morgan fingerprint density at radius 3 is 0.771 bits per heavy atom. The number of benzene rings is 6. The highest BCUT2D eigenvalue weighted by atomic mass is 32.2. The van der Waals surface area contributed by atoms with Crippen molar-refractivity contribution in [2.24, 2.45) is 11.8 Å². The third-order valence-electron chi connectivity index (χ3n) is 14.4. The van der Waals surface area contributed by atoms with Gasteiger partial charge < -0.3 is 28.4 Å². The van der Waals surface area contributed by atoms with Gasteiger partial charge in [0.2, 0.25) is 0 Å². The summed E-state index contributed by atoms with van der Waals surface area (Å²) in [6.45, 7) is 0. The van der Waals surface area contributed by atoms with Gasteiger partial charge in [0.05, 0.1) is 54.2 Å². The number of ether oxygens (including phenoxy) is 6. The predicted molar refractivity (Wildman–Crippen MR) is 330 cm³/mol. The summed E-state index contributed by atoms with van der Waals surface area (Å²) in [5, 5.41) is 27.6. The van der Waals surface area contributed by atoms with Crippen molar-refractivity contribution in [3.8, 4) is 34.5 Å². The molecule has 0 radical (unpaired) electrons. The Morgan fingerprint density at radius 2 is 0.566 bits per heavy atom. The van der Waals surface area contributed by atoms with Crippen LogP contribution in [0.3, 0.4) is 0 Å². The van der Waals surface area contributed by atoms with Gasteiger partial charge in [-0.1, -0.05) is 158 Å². The zero-order valence-electron chi connectivity index (χ0n) is 46.9. The highest BCUT2D eigenvalue weighted by molar-refractivity contribution is 7.91. The molecule has 0 unspecified atom stereocenters. The lowest BCUT2D eigenvalue weighted by Gasteiger charge is -2.31. The number of hydrogen-bond acceptors (Lipinski definition) is 12. The number of methoxy groups -OCH3 is 6. The predicted octanol–water partition coefficient (Wildman–Crippen LogP) is 13.7. The molecular formula is C68H64N2O12S. The van der Waals surface area contributed by atoms with Crippen LogP contribution in [-0.2, 0) is 9.84 Å². The largest absolute Gasteiger partial charge is 0.496 e. The van der Waals surface area contributed by atoms with Gasteiger partial charge >= 0.3 is 0 Å². The van der Waals surface area contributed by atoms with Crippen molar-refractivity contribution in [1.29, 1.82) is 0 Å². The van der Waals surface area contributed by atoms with Crippen LogP contribution in [-0.4, -0.2) is 83.5 Å². The van der Waals surface area contributed by atoms with Crippen molar-refractivity contribution >= 4 is 46.3 Å². The van der Waals surface area contributed by atoms with Gasteiger partial charge in [0, 0.05) is 91.5 Å². The van der Waals surface area contributed by atoms with Crippen molar-refractivity contribution in [3.63, 3.8) is 0 Å². The van der Waals surface area contributed by atoms with E-state index >= 15 is 8.42 Å². The molecule has 0 atom stereocenters. The van der Waals surface area contributed by atoms with Crippen LogP contribution in [0.15, 0.2) is 229 Å². The number of rotatable bonds is 24. The molecule has 0 saturated heterocycles. The fraction of sp³-hybridized carbons (Fsp3) is 0.176. The summed E-state index contributed by atoms with van der Waals surface area (Å²) < 4.78 is 65.6. The molecule has 0 bridgehead atoms. The minimum atomic E-state index is -4.35. The van der Waals surface area contributed by atoms with E-state index in [1.807, 2.05) is 72.8 Å². The van der Waals surface area contributed by atoms with Gasteiger partial charge in [0.25, 0.3) is 11.1 Å². The van der Waals surface area contributed by atoms with Gasteiger partial charge in [-0.2, -0.15) is 0 Å². The van der Waals surface area contributed by atoms with Gasteiger partial charge in [-0.3, -0.25) is 20.2 Å². The van der Waals surface area contributed by atoms with Crippen molar-refractivity contribution in [2.45, 2.75) is 11.1 Å². The summed E-state index contributed by atoms with van der Waals surface area (Å²) in [4.78, 5) is 26.8. The van der Waals surface area contributed by atoms with E-state index in [0.717, 1.165) is 0 Å². The van der Waals surface area contributed by atoms with Crippen LogP contribution in [0.5, 0.6) is 34.5 Å². The Balaban J connectivity index is 1.33. The number of nitrogens with zero attached hydrogens (tertiary/aromatic N) is 2. The Labute approximate surface area is 484 Å². The topological polar surface area (TPSA) is 176 Å². The number of nitro groups is 2. The Kier molecular flexibility index (Phi) is 19.4. The molecule has 14 nitrogen and oxygen atoms in total. The standard InChI is InChI=1S/C68H64N2O12S/c1-77-61-25-13-7-19-49(61)31-35-55-43-67(69(71)72,41-39-53-23-11-17-29-65(53)81-5)44-56(36-32-50-20-8-14-26-62(50)78-2)59(55)47-83(75,76)48-60-57(37-33-51-21-9-15-27-63(51)79-3)45-68(70(73)74,42-40-54-24-12-18-30-66(54)82-6)46-58(60)38-34-52-22-10-16-28-64(52)80-4/h7-46,59-60H,47-48H2,1-6H3/b35-31+,36-32+,37-33+,38-34+,41-39+,42-40+. The second-order valence-electron chi connectivity index (χ2n) is 19.5. The molecule has 6 aromatic rings. The number of hydrogen-bond donors (Lipinski definition) is 0. The summed E-state index contributed by atoms with van der Waals surface area (Å²) in [5.74, 6) is -0.0899. The molecule has 0 saturated carbocycles. The molecule has 0 amide bonds. The molecule has 15 heteroatoms. The quantitative estimate of drug-likeness (QED) is 0.0415. The molecule has 0 fully saturated rings. The Hall–Kier alpha value is -9.73. The van der Waals surface area contributed by atoms with Crippen LogP contribution in [0.4, 0.5) is 0 Å². The molecule has 0 aromatic heterocycles. The first kappa shape index (κ1) is 59.4. The molecule has 83 heavy (non-hydrogen) atoms. The first-order chi connectivity index (χ1) is 40.2. The smallest absolute Gasteiger partial charge is 0.278 e. The fourth-order valence-corrected chi connectivity index (χ4v) is 12.0. The monoisotopic (exact) mass is 1130 g/mol. The fourth-order valence-electron chi connectivity index (χ4n) is 10.1. The number of allylic oxidation sites excluding steroid dienone is 8. The van der Waals surface area contributed by atoms with Crippen LogP contribution in [0.2, 0.25) is 0 Å². The normalized spacial score (nSPS) is 19.2. The maximum Gasteiger partial charge on any atom is 0.278 e. The van der Waals surface area contributed by atoms with E-state index < -0.39 is 54.1 Å². The average Bonchev–Trinajstić information content (AvgIpc) is 3.71. The van der Waals surface area contributed by atoms with Crippen molar-refractivity contribution in [1.82, 2.24) is 0 Å². The molecule has 424 valence electrons. The molecule has 2 aliphatic rings. The first-order valence-corrected chi connectivity index (χ1v) is 28.3. The van der Waals surface area contributed by atoms with Crippen LogP contribution in [0.25, 0.3) is 36.5 Å². The lowest BCUT2D eigenvalue weighted by Crippen LogP contribution is -2.39. The van der Waals surface area contributed by atoms with Crippen molar-refractivity contribution in [2.75, 3.05) is 54.2 Å². The maximum absolute atomic E-state index is 15.8. The van der Waals surface area contributed by atoms with Gasteiger partial charge in [-0.05, 0) is 70.8 Å². The zero-order valence-corrected chi connectivity index (χ0v) is 47.7. The van der Waals surface area contributed by atoms with Crippen molar-refractivity contribution in [3.05, 3.63) is 282 Å². The van der Waals surface area contributed by atoms with E-state index in [-0.39, 0.29) is 0 Å². The lowest BCUT2D eigenvalue weighted by atomic mass is 9.78. The first-order valence-electron chi connectivity index (χ1n) is 26.5. The van der Waals surface area contributed by atoms with E-state index in [4.69, 9.17) is 28.4 Å². The Morgan fingerprint density at radius 1 is 0.361 bits per heavy atom. The highest BCUT2D eigenvalue weighted by Gasteiger charge is 2.45. The van der Waals surface area contributed by atoms with Crippen LogP contribution < -0.4 is 28.4 Å². The maximum atomic E-state index is 15.8. The van der Waals surface area contributed by atoms with Gasteiger partial charge in [-0.25, -0.2) is 8.42 Å². The van der Waals surface area contributed by atoms with Crippen molar-refractivity contribution < 1.29 is 46.7 Å². The molecule has 0 spiro atoms. The third kappa shape index (κ3) is 14.2. The molecule has 8 rings (SSSR count). The second kappa shape index (κ2) is 27.2. The molecule has 0 N–H and O–H groups in total. The SMILES string of the molecule is COc1ccccc1/C=C/C1=CC(/C=C/c2ccccc2OC)([N+](=O)[O-])C=C(/C=C/c2ccccc2OC)C1CS(=O)(=O)CC1C(/C=C/c2ccccc2OC)=CC(/C=C/c2ccccc2OC)([N+](=O)[O-])C=C1/C=C/c1ccccc1OC. The van der Waals surface area contributed by atoms with Crippen LogP contribution >= 0.6 is 0 Å². The van der Waals surface area contributed by atoms with Crippen LogP contribution in [0, 0.1) is 32.1 Å². The summed E-state index contributed by atoms with van der Waals surface area (Å²) in [5.41, 5.74) is 0.944. The minimum Gasteiger partial charge on any atom is -0.496 e. The lowest BCUT2D eigenvalue weighted by molar-refractivity contribution is -0.526. The van der Waals surface area contributed by atoms with E-state index in [0.29, 0.717) is 90.2 Å². The summed E-state index contributed by atoms with van der Waals surface area (Å²) in [6.07, 6.45) is 25.8. The van der Waals surface area contributed by atoms with Gasteiger partial charge in [0.15, 0.2) is 9.84 Å². The van der Waals surface area contributed by atoms with Crippen LogP contribution in [0.1, 0.15) is 33.4 Å². The summed E-state index contributed by atoms with van der Waals surface area (Å²) in [6, 6.07) is 43.2. The number of para-hydroxylation sites is 6. The number of sulfone groups is 1. The van der Waals surface area contributed by atoms with E-state index in [1.165, 1.54) is 79.1 Å². The van der Waals surface area contributed by atoms with E-state index in [1.54, 1.807) is 134 Å². The van der Waals surface area contributed by atoms with E-state index in [2.05, 4.69) is 0 Å². The molecule has 0 heterocycles. The zero-order chi connectivity index (χ0) is 59.0. The average molecular weight is 1130 g/mol. The minimum absolute atomic E-state index is 0.319. The summed E-state index contributed by atoms with van der Waals surface area (Å²) in [7, 11) is 4.82. The molecule has 0 aliphatic heterocycles. The third-order valence-corrected chi connectivity index (χ3v) is 16.1. The molecule has 2 aliphatic carbocycles. The van der Waals surface area contributed by atoms with Gasteiger partial charge in [-0.15, -0.1) is 0 Å². The van der Waals surface area contributed by atoms with Gasteiger partial charge in [0.1, 0.15) is 34.5 Å². The molecule has 6 aromatic carbocycles. The Bertz CT molecular complexity index is 3400. The van der Waals surface area contributed by atoms with E-state index in [9.17, 15) is 20.2 Å². The second-order valence-corrected chi connectivity index (χ2v) is 21.7.